The first-order chi connectivity index (χ1) is 37.7. The van der Waals surface area contributed by atoms with Gasteiger partial charge in [-0.15, -0.1) is 46.5 Å². The van der Waals surface area contributed by atoms with E-state index in [4.69, 9.17) is 40.4 Å². The molecule has 1 fully saturated rings. The number of anilines is 1. The van der Waals surface area contributed by atoms with E-state index in [2.05, 4.69) is 15.8 Å². The zero-order chi connectivity index (χ0) is 53.6. The van der Waals surface area contributed by atoms with Crippen molar-refractivity contribution in [1.82, 2.24) is 15.2 Å². The van der Waals surface area contributed by atoms with Crippen LogP contribution in [0.2, 0.25) is 0 Å². The molecule has 0 saturated carbocycles. The number of fused-ring (bicyclic) bond motifs is 1. The predicted octanol–water partition coefficient (Wildman–Crippen LogP) is 9.48. The van der Waals surface area contributed by atoms with E-state index < -0.39 is 59.4 Å². The lowest BCUT2D eigenvalue weighted by atomic mass is 9.77. The molecule has 2 aliphatic heterocycles. The lowest BCUT2D eigenvalue weighted by molar-refractivity contribution is -0.153. The van der Waals surface area contributed by atoms with Crippen LogP contribution in [0.4, 0.5) is 5.13 Å². The van der Waals surface area contributed by atoms with Crippen molar-refractivity contribution in [1.29, 1.82) is 0 Å². The molecule has 9 rings (SSSR count). The van der Waals surface area contributed by atoms with Gasteiger partial charge in [-0.1, -0.05) is 169 Å². The Bertz CT molecular complexity index is 3090. The largest absolute Gasteiger partial charge is 0.497 e. The molecule has 0 radical (unpaired) electrons. The van der Waals surface area contributed by atoms with E-state index in [0.717, 1.165) is 27.8 Å². The lowest BCUT2D eigenvalue weighted by Crippen LogP contribution is -2.71. The van der Waals surface area contributed by atoms with Gasteiger partial charge in [0.15, 0.2) is 16.9 Å². The fourth-order valence-corrected chi connectivity index (χ4v) is 12.0. The average molecular weight is 1110 g/mol. The summed E-state index contributed by atoms with van der Waals surface area (Å²) in [6.07, 6.45) is -0.766. The number of alkyl halides is 1. The number of benzene rings is 6. The summed E-state index contributed by atoms with van der Waals surface area (Å²) >= 11 is 9.39. The molecule has 0 bridgehead atoms. The summed E-state index contributed by atoms with van der Waals surface area (Å²) in [5.74, 6) is -2.70. The normalized spacial score (nSPS) is 15.2. The number of β-lactam (4-membered cyclic amide) rings is 1. The van der Waals surface area contributed by atoms with Crippen LogP contribution in [0.15, 0.2) is 197 Å². The van der Waals surface area contributed by atoms with Gasteiger partial charge in [0.25, 0.3) is 11.8 Å². The van der Waals surface area contributed by atoms with E-state index >= 15 is 0 Å². The SMILES string of the molecule is COc1ccc(COC(=O)C2=C(SCCOC(=O)CCl)CS[C@H]3[C@H](NC(=O)/C(=N\OCC(=O)OC(c4ccccc4)c4ccccc4)c4csc(NC(c5ccccc5)(c5ccccc5)c5ccccc5)n4)C(=O)N23)cc1. The van der Waals surface area contributed by atoms with E-state index in [-0.39, 0.29) is 47.7 Å². The number of nitrogens with zero attached hydrogens (tertiary/aromatic N) is 3. The van der Waals surface area contributed by atoms with Crippen LogP contribution >= 0.6 is 46.5 Å². The molecular formula is C58H50ClN5O10S3. The number of methoxy groups -OCH3 is 1. The average Bonchev–Trinajstić information content (AvgIpc) is 3.98. The first-order valence-electron chi connectivity index (χ1n) is 24.2. The van der Waals surface area contributed by atoms with Gasteiger partial charge in [-0.3, -0.25) is 19.3 Å². The van der Waals surface area contributed by atoms with Gasteiger partial charge in [0.1, 0.15) is 53.2 Å². The molecule has 392 valence electrons. The number of aromatic nitrogens is 1. The molecule has 7 aromatic rings. The number of ether oxygens (including phenoxy) is 4. The zero-order valence-corrected chi connectivity index (χ0v) is 44.5. The standard InChI is InChI=1S/C58H50ClN5O10S3/c1-70-44-29-27-38(28-30-44)34-72-56(69)51-46(75-32-31-71-47(65)33-59)37-76-55-50(54(68)64(51)55)61-53(67)49(63-73-35-48(66)74-52(39-17-7-2-8-18-39)40-19-9-3-10-20-40)45-36-77-57(60-45)62-58(41-21-11-4-12-22-41,42-23-13-5-14-24-42)43-25-15-6-16-26-43/h2-30,36,50,52,55H,31-35,37H2,1H3,(H,60,62)(H,61,67)/b63-49-/t50-,55+/m1/s1. The van der Waals surface area contributed by atoms with Crippen molar-refractivity contribution in [2.75, 3.05) is 43.0 Å². The highest BCUT2D eigenvalue weighted by molar-refractivity contribution is 8.06. The molecular weight excluding hydrogens is 1060 g/mol. The third kappa shape index (κ3) is 12.7. The maximum Gasteiger partial charge on any atom is 0.356 e. The Labute approximate surface area is 462 Å². The quantitative estimate of drug-likeness (QED) is 0.00902. The minimum Gasteiger partial charge on any atom is -0.497 e. The molecule has 1 saturated heterocycles. The Morgan fingerprint density at radius 2 is 1.35 bits per heavy atom. The Hall–Kier alpha value is -7.90. The Kier molecular flexibility index (Phi) is 18.0. The molecule has 1 aromatic heterocycles. The second-order valence-electron chi connectivity index (χ2n) is 17.2. The van der Waals surface area contributed by atoms with E-state index in [1.165, 1.54) is 39.8 Å². The number of hydrogen-bond donors (Lipinski definition) is 2. The Morgan fingerprint density at radius 1 is 0.779 bits per heavy atom. The highest BCUT2D eigenvalue weighted by Crippen LogP contribution is 2.44. The molecule has 77 heavy (non-hydrogen) atoms. The van der Waals surface area contributed by atoms with Gasteiger partial charge in [-0.25, -0.2) is 14.6 Å². The molecule has 0 spiro atoms. The summed E-state index contributed by atoms with van der Waals surface area (Å²) in [6, 6.07) is 54.1. The Morgan fingerprint density at radius 3 is 1.91 bits per heavy atom. The van der Waals surface area contributed by atoms with Crippen molar-refractivity contribution in [3.8, 4) is 5.75 Å². The molecule has 2 amide bonds. The van der Waals surface area contributed by atoms with Crippen molar-refractivity contribution < 1.29 is 47.8 Å². The highest BCUT2D eigenvalue weighted by atomic mass is 35.5. The summed E-state index contributed by atoms with van der Waals surface area (Å²) in [4.78, 5) is 80.9. The molecule has 15 nitrogen and oxygen atoms in total. The number of rotatable bonds is 23. The van der Waals surface area contributed by atoms with Crippen LogP contribution in [0, 0.1) is 0 Å². The first-order valence-corrected chi connectivity index (χ1v) is 27.6. The molecule has 19 heteroatoms. The van der Waals surface area contributed by atoms with E-state index in [1.54, 1.807) is 36.8 Å². The summed E-state index contributed by atoms with van der Waals surface area (Å²) in [5, 5.41) is 12.1. The number of amides is 2. The third-order valence-electron chi connectivity index (χ3n) is 12.3. The van der Waals surface area contributed by atoms with Gasteiger partial charge in [0.2, 0.25) is 6.61 Å². The second-order valence-corrected chi connectivity index (χ2v) is 20.6. The van der Waals surface area contributed by atoms with Gasteiger partial charge < -0.3 is 34.4 Å². The first kappa shape index (κ1) is 53.9. The van der Waals surface area contributed by atoms with Gasteiger partial charge >= 0.3 is 17.9 Å². The summed E-state index contributed by atoms with van der Waals surface area (Å²) in [6.45, 7) is -0.775. The predicted molar refractivity (Wildman–Crippen MR) is 297 cm³/mol. The highest BCUT2D eigenvalue weighted by Gasteiger charge is 2.55. The van der Waals surface area contributed by atoms with Crippen LogP contribution in [0.1, 0.15) is 45.2 Å². The molecule has 2 atom stereocenters. The van der Waals surface area contributed by atoms with Crippen LogP contribution in [0.3, 0.4) is 0 Å². The smallest absolute Gasteiger partial charge is 0.356 e. The minimum absolute atomic E-state index is 0.0107. The number of halogens is 1. The van der Waals surface area contributed by atoms with Crippen molar-refractivity contribution in [3.05, 3.63) is 231 Å². The topological polar surface area (TPSA) is 184 Å². The van der Waals surface area contributed by atoms with Gasteiger partial charge in [0, 0.05) is 21.8 Å². The van der Waals surface area contributed by atoms with Crippen molar-refractivity contribution in [2.24, 2.45) is 5.16 Å². The van der Waals surface area contributed by atoms with Crippen LogP contribution in [0.5, 0.6) is 5.75 Å². The number of oxime groups is 1. The van der Waals surface area contributed by atoms with Crippen LogP contribution in [0.25, 0.3) is 0 Å². The van der Waals surface area contributed by atoms with Crippen LogP contribution in [-0.4, -0.2) is 94.4 Å². The van der Waals surface area contributed by atoms with Gasteiger partial charge in [-0.2, -0.15) is 0 Å². The maximum atomic E-state index is 14.7. The molecule has 0 aliphatic carbocycles. The third-order valence-corrected chi connectivity index (χ3v) is 15.8. The van der Waals surface area contributed by atoms with Crippen molar-refractivity contribution in [2.45, 2.75) is 29.7 Å². The van der Waals surface area contributed by atoms with Gasteiger partial charge in [-0.05, 0) is 45.5 Å². The summed E-state index contributed by atoms with van der Waals surface area (Å²) in [7, 11) is 1.55. The number of hydrogen-bond acceptors (Lipinski definition) is 16. The summed E-state index contributed by atoms with van der Waals surface area (Å²) < 4.78 is 22.2. The number of esters is 3. The number of carbonyl (C=O) groups is 5. The molecule has 3 heterocycles. The van der Waals surface area contributed by atoms with Crippen LogP contribution < -0.4 is 15.4 Å². The Balaban J connectivity index is 1.00. The molecule has 2 N–H and O–H groups in total. The van der Waals surface area contributed by atoms with E-state index in [9.17, 15) is 24.0 Å². The van der Waals surface area contributed by atoms with E-state index in [0.29, 0.717) is 21.3 Å². The molecule has 6 aromatic carbocycles. The van der Waals surface area contributed by atoms with Crippen molar-refractivity contribution in [3.63, 3.8) is 0 Å². The van der Waals surface area contributed by atoms with E-state index in [1.807, 2.05) is 152 Å². The van der Waals surface area contributed by atoms with Gasteiger partial charge in [0.05, 0.1) is 7.11 Å². The molecule has 2 aliphatic rings. The number of nitrogens with one attached hydrogen (secondary N) is 2. The maximum absolute atomic E-state index is 14.7. The minimum atomic E-state index is -1.14. The number of carbonyl (C=O) groups excluding carboxylic acids is 5. The second kappa shape index (κ2) is 25.8. The monoisotopic (exact) mass is 1110 g/mol. The number of thiazole rings is 1. The summed E-state index contributed by atoms with van der Waals surface area (Å²) in [5.41, 5.74) is 3.69. The lowest BCUT2D eigenvalue weighted by Gasteiger charge is -2.49. The fourth-order valence-electron chi connectivity index (χ4n) is 8.68. The van der Waals surface area contributed by atoms with Crippen LogP contribution in [-0.2, 0) is 55.2 Å². The fraction of sp³-hybridized carbons (Fsp3) is 0.190. The molecule has 0 unspecified atom stereocenters. The zero-order valence-electron chi connectivity index (χ0n) is 41.3. The number of thioether (sulfide) groups is 2. The van der Waals surface area contributed by atoms with Crippen molar-refractivity contribution >= 4 is 87.0 Å².